The zero-order valence-corrected chi connectivity index (χ0v) is 10.1. The van der Waals surface area contributed by atoms with E-state index in [2.05, 4.69) is 0 Å². The van der Waals surface area contributed by atoms with Crippen molar-refractivity contribution in [2.75, 3.05) is 0 Å². The van der Waals surface area contributed by atoms with Crippen molar-refractivity contribution in [3.05, 3.63) is 57.6 Å². The van der Waals surface area contributed by atoms with E-state index in [9.17, 15) is 14.9 Å². The van der Waals surface area contributed by atoms with Crippen LogP contribution in [-0.4, -0.2) is 27.9 Å². The number of non-ortho nitro benzene ring substituents is 1. The Morgan fingerprint density at radius 2 is 1.55 bits per heavy atom. The van der Waals surface area contributed by atoms with Gasteiger partial charge >= 0.3 is 7.12 Å². The maximum Gasteiger partial charge on any atom is 0.488 e. The third-order valence-electron chi connectivity index (χ3n) is 3.34. The first-order chi connectivity index (χ1) is 9.49. The number of benzene rings is 2. The summed E-state index contributed by atoms with van der Waals surface area (Å²) in [7, 11) is -1.66. The summed E-state index contributed by atoms with van der Waals surface area (Å²) < 4.78 is 0. The van der Waals surface area contributed by atoms with Crippen molar-refractivity contribution in [1.82, 2.24) is 0 Å². The second-order valence-electron chi connectivity index (χ2n) is 4.49. The molecule has 1 aliphatic rings. The number of nitro benzene ring substituents is 1. The molecule has 2 N–H and O–H groups in total. The van der Waals surface area contributed by atoms with Gasteiger partial charge in [-0.05, 0) is 22.7 Å². The van der Waals surface area contributed by atoms with Crippen LogP contribution in [0.25, 0.3) is 11.1 Å². The fourth-order valence-corrected chi connectivity index (χ4v) is 2.36. The summed E-state index contributed by atoms with van der Waals surface area (Å²) in [5, 5.41) is 29.0. The van der Waals surface area contributed by atoms with E-state index in [4.69, 9.17) is 10.0 Å². The third-order valence-corrected chi connectivity index (χ3v) is 3.34. The summed E-state index contributed by atoms with van der Waals surface area (Å²) in [6.45, 7) is 0. The molecular formula is C13H8BNO5. The van der Waals surface area contributed by atoms with Crippen LogP contribution >= 0.6 is 0 Å². The zero-order valence-electron chi connectivity index (χ0n) is 10.1. The summed E-state index contributed by atoms with van der Waals surface area (Å²) in [4.78, 5) is 22.4. The Bertz CT molecular complexity index is 756. The third kappa shape index (κ3) is 1.72. The van der Waals surface area contributed by atoms with Gasteiger partial charge in [0.05, 0.1) is 4.92 Å². The highest BCUT2D eigenvalue weighted by atomic mass is 16.6. The van der Waals surface area contributed by atoms with Crippen molar-refractivity contribution in [2.45, 2.75) is 0 Å². The van der Waals surface area contributed by atoms with Gasteiger partial charge in [0, 0.05) is 23.3 Å². The monoisotopic (exact) mass is 269 g/mol. The summed E-state index contributed by atoms with van der Waals surface area (Å²) >= 11 is 0. The van der Waals surface area contributed by atoms with Gasteiger partial charge in [0.1, 0.15) is 0 Å². The normalized spacial score (nSPS) is 12.0. The van der Waals surface area contributed by atoms with E-state index in [0.29, 0.717) is 16.7 Å². The van der Waals surface area contributed by atoms with Crippen LogP contribution in [-0.2, 0) is 0 Å². The number of hydrogen-bond donors (Lipinski definition) is 2. The number of carbonyl (C=O) groups excluding carboxylic acids is 1. The standard InChI is InChI=1S/C13H8BNO5/c16-13-11-5-7(14(17)18)1-3-9(11)10-4-2-8(15(19)20)6-12(10)13/h1-6,17-18H. The van der Waals surface area contributed by atoms with Crippen LogP contribution < -0.4 is 5.46 Å². The van der Waals surface area contributed by atoms with Gasteiger partial charge in [0.15, 0.2) is 5.78 Å². The minimum Gasteiger partial charge on any atom is -0.423 e. The Morgan fingerprint density at radius 3 is 2.15 bits per heavy atom. The van der Waals surface area contributed by atoms with Crippen molar-refractivity contribution in [3.8, 4) is 11.1 Å². The van der Waals surface area contributed by atoms with Crippen molar-refractivity contribution < 1.29 is 19.8 Å². The quantitative estimate of drug-likeness (QED) is 0.400. The molecule has 2 aromatic rings. The second-order valence-corrected chi connectivity index (χ2v) is 4.49. The Hall–Kier alpha value is -2.51. The van der Waals surface area contributed by atoms with Crippen molar-refractivity contribution in [3.63, 3.8) is 0 Å². The van der Waals surface area contributed by atoms with Crippen LogP contribution in [0.4, 0.5) is 5.69 Å². The molecule has 7 heteroatoms. The van der Waals surface area contributed by atoms with Gasteiger partial charge in [0.25, 0.3) is 5.69 Å². The van der Waals surface area contributed by atoms with Gasteiger partial charge in [-0.15, -0.1) is 0 Å². The average Bonchev–Trinajstić information content (AvgIpc) is 2.71. The number of hydrogen-bond acceptors (Lipinski definition) is 5. The highest BCUT2D eigenvalue weighted by Gasteiger charge is 2.29. The number of nitrogens with zero attached hydrogens (tertiary/aromatic N) is 1. The lowest BCUT2D eigenvalue weighted by molar-refractivity contribution is -0.384. The SMILES string of the molecule is O=C1c2cc(B(O)O)ccc2-c2ccc([N+](=O)[O-])cc21. The van der Waals surface area contributed by atoms with Gasteiger partial charge in [-0.3, -0.25) is 14.9 Å². The molecule has 2 aromatic carbocycles. The predicted octanol–water partition coefficient (Wildman–Crippen LogP) is 0.486. The average molecular weight is 269 g/mol. The molecule has 1 aliphatic carbocycles. The van der Waals surface area contributed by atoms with E-state index in [1.807, 2.05) is 0 Å². The van der Waals surface area contributed by atoms with E-state index in [1.165, 1.54) is 30.3 Å². The summed E-state index contributed by atoms with van der Waals surface area (Å²) in [6.07, 6.45) is 0. The molecule has 0 radical (unpaired) electrons. The maximum atomic E-state index is 12.3. The van der Waals surface area contributed by atoms with Crippen LogP contribution in [0, 0.1) is 10.1 Å². The topological polar surface area (TPSA) is 101 Å². The predicted molar refractivity (Wildman–Crippen MR) is 71.8 cm³/mol. The van der Waals surface area contributed by atoms with Gasteiger partial charge in [-0.25, -0.2) is 0 Å². The largest absolute Gasteiger partial charge is 0.488 e. The molecule has 0 atom stereocenters. The van der Waals surface area contributed by atoms with Crippen LogP contribution in [0.15, 0.2) is 36.4 Å². The Kier molecular flexibility index (Phi) is 2.67. The first-order valence-electron chi connectivity index (χ1n) is 5.82. The van der Waals surface area contributed by atoms with E-state index in [1.54, 1.807) is 6.07 Å². The molecule has 0 aliphatic heterocycles. The minimum atomic E-state index is -1.66. The first kappa shape index (κ1) is 12.5. The van der Waals surface area contributed by atoms with E-state index >= 15 is 0 Å². The first-order valence-corrected chi connectivity index (χ1v) is 5.82. The molecule has 0 fully saturated rings. The second kappa shape index (κ2) is 4.26. The van der Waals surface area contributed by atoms with Crippen molar-refractivity contribution >= 4 is 24.1 Å². The van der Waals surface area contributed by atoms with Crippen LogP contribution in [0.1, 0.15) is 15.9 Å². The molecule has 0 bridgehead atoms. The molecule has 20 heavy (non-hydrogen) atoms. The number of fused-ring (bicyclic) bond motifs is 3. The van der Waals surface area contributed by atoms with Gasteiger partial charge in [-0.1, -0.05) is 18.2 Å². The number of carbonyl (C=O) groups is 1. The van der Waals surface area contributed by atoms with Gasteiger partial charge in [0.2, 0.25) is 0 Å². The molecule has 0 saturated carbocycles. The molecule has 0 aromatic heterocycles. The highest BCUT2D eigenvalue weighted by Crippen LogP contribution is 2.37. The van der Waals surface area contributed by atoms with E-state index in [0.717, 1.165) is 0 Å². The Balaban J connectivity index is 2.18. The fraction of sp³-hybridized carbons (Fsp3) is 0. The minimum absolute atomic E-state index is 0.146. The smallest absolute Gasteiger partial charge is 0.423 e. The van der Waals surface area contributed by atoms with E-state index in [-0.39, 0.29) is 22.5 Å². The molecule has 0 spiro atoms. The molecule has 0 amide bonds. The van der Waals surface area contributed by atoms with Crippen molar-refractivity contribution in [2.24, 2.45) is 0 Å². The summed E-state index contributed by atoms with van der Waals surface area (Å²) in [5.74, 6) is -0.346. The Morgan fingerprint density at radius 1 is 0.950 bits per heavy atom. The Labute approximate surface area is 113 Å². The summed E-state index contributed by atoms with van der Waals surface area (Å²) in [6, 6.07) is 8.64. The zero-order chi connectivity index (χ0) is 14.4. The molecular weight excluding hydrogens is 261 g/mol. The van der Waals surface area contributed by atoms with Crippen LogP contribution in [0.5, 0.6) is 0 Å². The van der Waals surface area contributed by atoms with Crippen LogP contribution in [0.3, 0.4) is 0 Å². The van der Waals surface area contributed by atoms with Crippen LogP contribution in [0.2, 0.25) is 0 Å². The highest BCUT2D eigenvalue weighted by molar-refractivity contribution is 6.58. The maximum absolute atomic E-state index is 12.3. The van der Waals surface area contributed by atoms with Crippen molar-refractivity contribution in [1.29, 1.82) is 0 Å². The number of rotatable bonds is 2. The fourth-order valence-electron chi connectivity index (χ4n) is 2.36. The molecule has 6 nitrogen and oxygen atoms in total. The van der Waals surface area contributed by atoms with Gasteiger partial charge < -0.3 is 10.0 Å². The molecule has 0 heterocycles. The molecule has 98 valence electrons. The summed E-state index contributed by atoms with van der Waals surface area (Å²) in [5.41, 5.74) is 1.91. The lowest BCUT2D eigenvalue weighted by atomic mass is 9.79. The number of ketones is 1. The lowest BCUT2D eigenvalue weighted by Gasteiger charge is -2.03. The van der Waals surface area contributed by atoms with Gasteiger partial charge in [-0.2, -0.15) is 0 Å². The molecule has 0 unspecified atom stereocenters. The molecule has 0 saturated heterocycles. The van der Waals surface area contributed by atoms with E-state index < -0.39 is 12.0 Å². The molecule has 3 rings (SSSR count). The lowest BCUT2D eigenvalue weighted by Crippen LogP contribution is -2.30. The number of nitro groups is 1.